The van der Waals surface area contributed by atoms with Crippen LogP contribution in [0.1, 0.15) is 33.1 Å². The molecule has 0 unspecified atom stereocenters. The van der Waals surface area contributed by atoms with Crippen LogP contribution in [0.15, 0.2) is 0 Å². The van der Waals surface area contributed by atoms with E-state index in [0.717, 1.165) is 6.42 Å². The Morgan fingerprint density at radius 1 is 1.47 bits per heavy atom. The molecule has 2 aliphatic rings. The molecule has 0 atom stereocenters. The highest BCUT2D eigenvalue weighted by Gasteiger charge is 2.41. The van der Waals surface area contributed by atoms with E-state index in [4.69, 9.17) is 0 Å². The molecule has 108 valence electrons. The predicted molar refractivity (Wildman–Crippen MR) is 69.5 cm³/mol. The zero-order chi connectivity index (χ0) is 14.0. The fourth-order valence-electron chi connectivity index (χ4n) is 2.76. The second-order valence-corrected chi connectivity index (χ2v) is 5.72. The number of rotatable bonds is 2. The van der Waals surface area contributed by atoms with Crippen molar-refractivity contribution in [2.24, 2.45) is 0 Å². The summed E-state index contributed by atoms with van der Waals surface area (Å²) in [5.41, 5.74) is -1.15. The smallest absolute Gasteiger partial charge is 0.318 e. The van der Waals surface area contributed by atoms with Crippen molar-refractivity contribution in [3.8, 4) is 0 Å². The maximum absolute atomic E-state index is 13.3. The first-order chi connectivity index (χ1) is 8.91. The van der Waals surface area contributed by atoms with Crippen LogP contribution < -0.4 is 5.32 Å². The van der Waals surface area contributed by atoms with Gasteiger partial charge in [-0.15, -0.1) is 0 Å². The van der Waals surface area contributed by atoms with Gasteiger partial charge in [0.1, 0.15) is 12.2 Å². The number of alkyl halides is 1. The summed E-state index contributed by atoms with van der Waals surface area (Å²) in [4.78, 5) is 27.2. The number of halogens is 1. The summed E-state index contributed by atoms with van der Waals surface area (Å²) in [7, 11) is 0. The van der Waals surface area contributed by atoms with Crippen LogP contribution in [0.5, 0.6) is 0 Å². The highest BCUT2D eigenvalue weighted by molar-refractivity contribution is 5.84. The average molecular weight is 271 g/mol. The lowest BCUT2D eigenvalue weighted by molar-refractivity contribution is -0.130. The Bertz CT molecular complexity index is 365. The molecule has 1 heterocycles. The molecule has 0 spiro atoms. The van der Waals surface area contributed by atoms with Gasteiger partial charge in [0.15, 0.2) is 0 Å². The van der Waals surface area contributed by atoms with Gasteiger partial charge in [0.05, 0.1) is 0 Å². The molecule has 1 N–H and O–H groups in total. The van der Waals surface area contributed by atoms with Gasteiger partial charge in [0.25, 0.3) is 0 Å². The van der Waals surface area contributed by atoms with Gasteiger partial charge in [-0.1, -0.05) is 0 Å². The zero-order valence-corrected chi connectivity index (χ0v) is 11.6. The van der Waals surface area contributed by atoms with Gasteiger partial charge in [-0.05, 0) is 20.3 Å². The Morgan fingerprint density at radius 3 is 2.74 bits per heavy atom. The standard InChI is InChI=1S/C13H22FN3O2/c1-3-16-5-4-6-17(9-11(16)18)12(19)15-10-7-13(2,14)8-10/h10H,3-9H2,1-2H3,(H,15,19). The van der Waals surface area contributed by atoms with Gasteiger partial charge >= 0.3 is 6.03 Å². The van der Waals surface area contributed by atoms with Crippen molar-refractivity contribution in [1.82, 2.24) is 15.1 Å². The molecule has 19 heavy (non-hydrogen) atoms. The molecule has 0 radical (unpaired) electrons. The summed E-state index contributed by atoms with van der Waals surface area (Å²) in [6.07, 6.45) is 1.52. The van der Waals surface area contributed by atoms with E-state index in [9.17, 15) is 14.0 Å². The van der Waals surface area contributed by atoms with Crippen molar-refractivity contribution in [3.05, 3.63) is 0 Å². The molecule has 1 saturated heterocycles. The molecule has 0 aromatic rings. The molecule has 5 nitrogen and oxygen atoms in total. The van der Waals surface area contributed by atoms with Crippen LogP contribution in [-0.4, -0.2) is 59.6 Å². The van der Waals surface area contributed by atoms with Crippen LogP contribution >= 0.6 is 0 Å². The Morgan fingerprint density at radius 2 is 2.16 bits per heavy atom. The summed E-state index contributed by atoms with van der Waals surface area (Å²) in [6, 6.07) is -0.338. The van der Waals surface area contributed by atoms with Crippen molar-refractivity contribution in [2.45, 2.75) is 44.8 Å². The summed E-state index contributed by atoms with van der Waals surface area (Å²) < 4.78 is 13.3. The van der Waals surface area contributed by atoms with Crippen molar-refractivity contribution >= 4 is 11.9 Å². The van der Waals surface area contributed by atoms with E-state index in [1.807, 2.05) is 6.92 Å². The minimum Gasteiger partial charge on any atom is -0.341 e. The summed E-state index contributed by atoms with van der Waals surface area (Å²) in [5, 5.41) is 2.80. The van der Waals surface area contributed by atoms with Crippen molar-refractivity contribution in [1.29, 1.82) is 0 Å². The zero-order valence-electron chi connectivity index (χ0n) is 11.6. The van der Waals surface area contributed by atoms with Crippen molar-refractivity contribution in [2.75, 3.05) is 26.2 Å². The number of likely N-dealkylation sites (N-methyl/N-ethyl adjacent to an activating group) is 1. The number of hydrogen-bond donors (Lipinski definition) is 1. The van der Waals surface area contributed by atoms with E-state index in [1.165, 1.54) is 4.90 Å². The van der Waals surface area contributed by atoms with E-state index in [0.29, 0.717) is 32.5 Å². The molecule has 2 rings (SSSR count). The van der Waals surface area contributed by atoms with Crippen LogP contribution in [0.3, 0.4) is 0 Å². The van der Waals surface area contributed by atoms with E-state index >= 15 is 0 Å². The van der Waals surface area contributed by atoms with Gasteiger partial charge in [0.2, 0.25) is 5.91 Å². The number of amides is 3. The minimum atomic E-state index is -1.15. The first kappa shape index (κ1) is 14.1. The number of hydrogen-bond acceptors (Lipinski definition) is 2. The molecule has 3 amide bonds. The molecular weight excluding hydrogens is 249 g/mol. The van der Waals surface area contributed by atoms with E-state index in [-0.39, 0.29) is 24.5 Å². The van der Waals surface area contributed by atoms with Crippen LogP contribution in [0.25, 0.3) is 0 Å². The fraction of sp³-hybridized carbons (Fsp3) is 0.846. The van der Waals surface area contributed by atoms with Gasteiger partial charge in [-0.25, -0.2) is 9.18 Å². The normalized spacial score (nSPS) is 31.7. The first-order valence-corrected chi connectivity index (χ1v) is 6.93. The minimum absolute atomic E-state index is 0.0147. The van der Waals surface area contributed by atoms with E-state index in [2.05, 4.69) is 5.32 Å². The first-order valence-electron chi connectivity index (χ1n) is 6.93. The van der Waals surface area contributed by atoms with E-state index < -0.39 is 5.67 Å². The second-order valence-electron chi connectivity index (χ2n) is 5.72. The van der Waals surface area contributed by atoms with Crippen molar-refractivity contribution < 1.29 is 14.0 Å². The molecule has 2 fully saturated rings. The Kier molecular flexibility index (Phi) is 3.96. The molecule has 0 bridgehead atoms. The lowest BCUT2D eigenvalue weighted by Crippen LogP contribution is -2.55. The predicted octanol–water partition coefficient (Wildman–Crippen LogP) is 1.14. The lowest BCUT2D eigenvalue weighted by atomic mass is 9.79. The van der Waals surface area contributed by atoms with Crippen LogP contribution in [0, 0.1) is 0 Å². The number of nitrogens with one attached hydrogen (secondary N) is 1. The quantitative estimate of drug-likeness (QED) is 0.819. The topological polar surface area (TPSA) is 52.6 Å². The summed E-state index contributed by atoms with van der Waals surface area (Å²) in [5.74, 6) is -0.0147. The van der Waals surface area contributed by atoms with Gasteiger partial charge in [-0.3, -0.25) is 4.79 Å². The monoisotopic (exact) mass is 271 g/mol. The number of carbonyl (C=O) groups excluding carboxylic acids is 2. The van der Waals surface area contributed by atoms with Crippen LogP contribution in [0.4, 0.5) is 9.18 Å². The highest BCUT2D eigenvalue weighted by atomic mass is 19.1. The average Bonchev–Trinajstić information content (AvgIpc) is 2.48. The van der Waals surface area contributed by atoms with Gasteiger partial charge < -0.3 is 15.1 Å². The second kappa shape index (κ2) is 5.35. The van der Waals surface area contributed by atoms with E-state index in [1.54, 1.807) is 11.8 Å². The van der Waals surface area contributed by atoms with Crippen LogP contribution in [-0.2, 0) is 4.79 Å². The third-order valence-electron chi connectivity index (χ3n) is 3.88. The molecule has 0 aromatic carbocycles. The van der Waals surface area contributed by atoms with Gasteiger partial charge in [0, 0.05) is 38.5 Å². The fourth-order valence-corrected chi connectivity index (χ4v) is 2.76. The maximum Gasteiger partial charge on any atom is 0.318 e. The summed E-state index contributed by atoms with van der Waals surface area (Å²) in [6.45, 7) is 5.56. The maximum atomic E-state index is 13.3. The Hall–Kier alpha value is -1.33. The summed E-state index contributed by atoms with van der Waals surface area (Å²) >= 11 is 0. The third-order valence-corrected chi connectivity index (χ3v) is 3.88. The van der Waals surface area contributed by atoms with Crippen molar-refractivity contribution in [3.63, 3.8) is 0 Å². The lowest BCUT2D eigenvalue weighted by Gasteiger charge is -2.39. The molecule has 0 aromatic heterocycles. The van der Waals surface area contributed by atoms with Crippen LogP contribution in [0.2, 0.25) is 0 Å². The third kappa shape index (κ3) is 3.36. The van der Waals surface area contributed by atoms with Gasteiger partial charge in [-0.2, -0.15) is 0 Å². The molecule has 6 heteroatoms. The molecule has 1 saturated carbocycles. The molecule has 1 aliphatic heterocycles. The highest BCUT2D eigenvalue weighted by Crippen LogP contribution is 2.35. The Balaban J connectivity index is 1.84. The Labute approximate surface area is 113 Å². The SMILES string of the molecule is CCN1CCCN(C(=O)NC2CC(C)(F)C2)CC1=O. The number of nitrogens with zero attached hydrogens (tertiary/aromatic N) is 2. The number of carbonyl (C=O) groups is 2. The largest absolute Gasteiger partial charge is 0.341 e. The molecule has 1 aliphatic carbocycles. The number of urea groups is 1. The molecular formula is C13H22FN3O2.